The Morgan fingerprint density at radius 3 is 2.86 bits per heavy atom. The molecule has 2 N–H and O–H groups in total. The zero-order chi connectivity index (χ0) is 19.4. The van der Waals surface area contributed by atoms with Crippen LogP contribution >= 0.6 is 11.3 Å². The third-order valence-corrected chi connectivity index (χ3v) is 5.97. The van der Waals surface area contributed by atoms with Crippen LogP contribution in [0.5, 0.6) is 0 Å². The molecule has 1 aromatic carbocycles. The molecule has 0 fully saturated rings. The van der Waals surface area contributed by atoms with E-state index in [0.717, 1.165) is 38.5 Å². The molecule has 4 heterocycles. The van der Waals surface area contributed by atoms with Crippen molar-refractivity contribution >= 4 is 39.1 Å². The second-order valence-corrected chi connectivity index (χ2v) is 7.67. The van der Waals surface area contributed by atoms with E-state index in [2.05, 4.69) is 20.4 Å². The van der Waals surface area contributed by atoms with Crippen molar-refractivity contribution in [3.63, 3.8) is 0 Å². The van der Waals surface area contributed by atoms with Gasteiger partial charge in [-0.2, -0.15) is 9.78 Å². The molecule has 1 unspecified atom stereocenters. The van der Waals surface area contributed by atoms with Crippen LogP contribution in [0.2, 0.25) is 0 Å². The molecule has 4 aromatic rings. The summed E-state index contributed by atoms with van der Waals surface area (Å²) < 4.78 is 1.59. The number of carbonyl (C=O) groups is 1. The number of fused-ring (bicyclic) bond motifs is 2. The summed E-state index contributed by atoms with van der Waals surface area (Å²) in [6.07, 6.45) is 0.220. The Hall–Kier alpha value is -3.53. The average Bonchev–Trinajstić information content (AvgIpc) is 3.37. The number of hydrogen-bond acceptors (Lipinski definition) is 6. The molecule has 0 bridgehead atoms. The fraction of sp³-hybridized carbons (Fsp3) is 0.167. The Morgan fingerprint density at radius 1 is 1.29 bits per heavy atom. The number of H-pyrrole nitrogens is 1. The van der Waals surface area contributed by atoms with Crippen LogP contribution in [-0.4, -0.2) is 30.6 Å². The molecule has 1 aliphatic rings. The van der Waals surface area contributed by atoms with Gasteiger partial charge in [0.05, 0.1) is 21.7 Å². The van der Waals surface area contributed by atoms with Gasteiger partial charge in [-0.05, 0) is 25.1 Å². The third-order valence-electron chi connectivity index (χ3n) is 4.82. The Bertz CT molecular complexity index is 1220. The molecule has 0 radical (unpaired) electrons. The molecule has 0 spiro atoms. The highest BCUT2D eigenvalue weighted by Crippen LogP contribution is 2.43. The molecule has 140 valence electrons. The van der Waals surface area contributed by atoms with Crippen LogP contribution in [0, 0.1) is 17.0 Å². The number of aryl methyl sites for hydroxylation is 1. The molecule has 5 rings (SSSR count). The van der Waals surface area contributed by atoms with Crippen LogP contribution in [0.1, 0.15) is 28.5 Å². The minimum Gasteiger partial charge on any atom is -0.322 e. The van der Waals surface area contributed by atoms with Gasteiger partial charge in [0.2, 0.25) is 11.9 Å². The minimum atomic E-state index is -0.414. The quantitative estimate of drug-likeness (QED) is 0.407. The van der Waals surface area contributed by atoms with Crippen LogP contribution < -0.4 is 5.32 Å². The Balaban J connectivity index is 1.65. The lowest BCUT2D eigenvalue weighted by atomic mass is 9.91. The summed E-state index contributed by atoms with van der Waals surface area (Å²) in [5, 5.41) is 18.6. The molecule has 0 saturated carbocycles. The van der Waals surface area contributed by atoms with Crippen LogP contribution in [0.15, 0.2) is 36.4 Å². The van der Waals surface area contributed by atoms with Crippen molar-refractivity contribution in [1.82, 2.24) is 19.7 Å². The average molecular weight is 394 g/mol. The zero-order valence-electron chi connectivity index (χ0n) is 14.7. The number of nitro groups is 1. The highest BCUT2D eigenvalue weighted by atomic mass is 32.1. The van der Waals surface area contributed by atoms with Crippen molar-refractivity contribution < 1.29 is 9.72 Å². The number of imidazole rings is 1. The molecule has 1 atom stereocenters. The first-order valence-electron chi connectivity index (χ1n) is 8.60. The summed E-state index contributed by atoms with van der Waals surface area (Å²) in [6, 6.07) is 10.8. The number of hydrogen-bond donors (Lipinski definition) is 2. The predicted molar refractivity (Wildman–Crippen MR) is 104 cm³/mol. The Morgan fingerprint density at radius 2 is 2.11 bits per heavy atom. The van der Waals surface area contributed by atoms with E-state index in [9.17, 15) is 14.9 Å². The third kappa shape index (κ3) is 2.49. The predicted octanol–water partition coefficient (Wildman–Crippen LogP) is 3.50. The monoisotopic (exact) mass is 394 g/mol. The lowest BCUT2D eigenvalue weighted by Crippen LogP contribution is -2.24. The maximum Gasteiger partial charge on any atom is 0.324 e. The number of benzene rings is 1. The Kier molecular flexibility index (Phi) is 3.56. The molecule has 0 aliphatic carbocycles. The summed E-state index contributed by atoms with van der Waals surface area (Å²) in [6.45, 7) is 1.87. The van der Waals surface area contributed by atoms with Gasteiger partial charge in [0.15, 0.2) is 0 Å². The first-order chi connectivity index (χ1) is 13.5. The highest BCUT2D eigenvalue weighted by Gasteiger charge is 2.34. The van der Waals surface area contributed by atoms with Gasteiger partial charge >= 0.3 is 5.00 Å². The number of thiophene rings is 1. The first kappa shape index (κ1) is 16.6. The van der Waals surface area contributed by atoms with Gasteiger partial charge in [0.25, 0.3) is 0 Å². The molecule has 3 aromatic heterocycles. The molecule has 9 nitrogen and oxygen atoms in total. The van der Waals surface area contributed by atoms with Gasteiger partial charge in [-0.1, -0.05) is 23.5 Å². The topological polar surface area (TPSA) is 119 Å². The molecule has 28 heavy (non-hydrogen) atoms. The standard InChI is InChI=1S/C18H14N6O3S/c1-9-16-10(13-6-7-15(28-13)24(26)27)8-14(25)21-17(16)23(22-9)18-19-11-4-2-3-5-12(11)20-18/h2-7,10H,8H2,1H3,(H,19,20)(H,21,25). The van der Waals surface area contributed by atoms with Gasteiger partial charge in [0.1, 0.15) is 5.82 Å². The fourth-order valence-corrected chi connectivity index (χ4v) is 4.54. The molecular weight excluding hydrogens is 380 g/mol. The van der Waals surface area contributed by atoms with Gasteiger partial charge in [-0.25, -0.2) is 4.98 Å². The molecular formula is C18H14N6O3S. The van der Waals surface area contributed by atoms with Crippen LogP contribution in [-0.2, 0) is 4.79 Å². The minimum absolute atomic E-state index is 0.0601. The SMILES string of the molecule is Cc1nn(-c2nc3ccccc3[nH]2)c2c1C(c1ccc([N+](=O)[O-])s1)CC(=O)N2. The number of nitrogens with one attached hydrogen (secondary N) is 2. The fourth-order valence-electron chi connectivity index (χ4n) is 3.61. The van der Waals surface area contributed by atoms with E-state index in [1.165, 1.54) is 6.07 Å². The largest absolute Gasteiger partial charge is 0.324 e. The number of para-hydroxylation sites is 2. The van der Waals surface area contributed by atoms with Crippen molar-refractivity contribution in [1.29, 1.82) is 0 Å². The first-order valence-corrected chi connectivity index (χ1v) is 9.41. The number of nitrogens with zero attached hydrogens (tertiary/aromatic N) is 4. The van der Waals surface area contributed by atoms with E-state index in [0.29, 0.717) is 11.8 Å². The van der Waals surface area contributed by atoms with Crippen molar-refractivity contribution in [2.24, 2.45) is 0 Å². The van der Waals surface area contributed by atoms with Gasteiger partial charge in [-0.15, -0.1) is 0 Å². The second kappa shape index (κ2) is 5.99. The van der Waals surface area contributed by atoms with Crippen molar-refractivity contribution in [3.05, 3.63) is 62.6 Å². The van der Waals surface area contributed by atoms with E-state index in [1.54, 1.807) is 10.7 Å². The number of anilines is 1. The Labute approximate surface area is 162 Å². The summed E-state index contributed by atoms with van der Waals surface area (Å²) in [7, 11) is 0. The zero-order valence-corrected chi connectivity index (χ0v) is 15.5. The lowest BCUT2D eigenvalue weighted by molar-refractivity contribution is -0.380. The van der Waals surface area contributed by atoms with E-state index in [4.69, 9.17) is 0 Å². The van der Waals surface area contributed by atoms with Gasteiger partial charge < -0.3 is 10.3 Å². The van der Waals surface area contributed by atoms with Crippen LogP contribution in [0.4, 0.5) is 10.8 Å². The number of aromatic nitrogens is 4. The number of carbonyl (C=O) groups excluding carboxylic acids is 1. The van der Waals surface area contributed by atoms with E-state index >= 15 is 0 Å². The number of amides is 1. The summed E-state index contributed by atoms with van der Waals surface area (Å²) >= 11 is 1.09. The van der Waals surface area contributed by atoms with Crippen molar-refractivity contribution in [2.75, 3.05) is 5.32 Å². The molecule has 10 heteroatoms. The maximum atomic E-state index is 12.4. The molecule has 1 aliphatic heterocycles. The molecule has 0 saturated heterocycles. The summed E-state index contributed by atoms with van der Waals surface area (Å²) in [5.74, 6) is 0.615. The van der Waals surface area contributed by atoms with E-state index in [-0.39, 0.29) is 23.2 Å². The smallest absolute Gasteiger partial charge is 0.322 e. The van der Waals surface area contributed by atoms with Gasteiger partial charge in [0, 0.05) is 28.8 Å². The lowest BCUT2D eigenvalue weighted by Gasteiger charge is -2.22. The number of aromatic amines is 1. The summed E-state index contributed by atoms with van der Waals surface area (Å²) in [4.78, 5) is 31.6. The van der Waals surface area contributed by atoms with Crippen LogP contribution in [0.25, 0.3) is 17.0 Å². The molecule has 1 amide bonds. The van der Waals surface area contributed by atoms with E-state index < -0.39 is 4.92 Å². The highest BCUT2D eigenvalue weighted by molar-refractivity contribution is 7.15. The van der Waals surface area contributed by atoms with Crippen LogP contribution in [0.3, 0.4) is 0 Å². The summed E-state index contributed by atoms with van der Waals surface area (Å²) in [5.41, 5.74) is 3.27. The normalized spacial score (nSPS) is 16.2. The number of rotatable bonds is 3. The van der Waals surface area contributed by atoms with Crippen molar-refractivity contribution in [2.45, 2.75) is 19.3 Å². The van der Waals surface area contributed by atoms with Crippen molar-refractivity contribution in [3.8, 4) is 5.95 Å². The van der Waals surface area contributed by atoms with Gasteiger partial charge in [-0.3, -0.25) is 14.9 Å². The maximum absolute atomic E-state index is 12.4. The van der Waals surface area contributed by atoms with E-state index in [1.807, 2.05) is 31.2 Å². The second-order valence-electron chi connectivity index (χ2n) is 6.58.